The van der Waals surface area contributed by atoms with E-state index in [2.05, 4.69) is 30.0 Å². The van der Waals surface area contributed by atoms with E-state index in [-0.39, 0.29) is 15.7 Å². The zero-order chi connectivity index (χ0) is 15.1. The van der Waals surface area contributed by atoms with Gasteiger partial charge in [-0.3, -0.25) is 15.6 Å². The second-order valence-electron chi connectivity index (χ2n) is 4.64. The molecule has 0 aliphatic rings. The first-order valence-electron chi connectivity index (χ1n) is 6.19. The summed E-state index contributed by atoms with van der Waals surface area (Å²) in [6, 6.07) is 3.83. The van der Waals surface area contributed by atoms with Crippen LogP contribution in [0.15, 0.2) is 18.2 Å². The van der Waals surface area contributed by atoms with Crippen LogP contribution < -0.4 is 16.2 Å². The lowest BCUT2D eigenvalue weighted by Crippen LogP contribution is -2.47. The smallest absolute Gasteiger partial charge is 0.272 e. The van der Waals surface area contributed by atoms with E-state index in [1.807, 2.05) is 0 Å². The molecule has 1 aromatic carbocycles. The van der Waals surface area contributed by atoms with Crippen molar-refractivity contribution in [3.05, 3.63) is 34.6 Å². The monoisotopic (exact) mass is 317 g/mol. The maximum Gasteiger partial charge on any atom is 0.272 e. The minimum atomic E-state index is -0.685. The van der Waals surface area contributed by atoms with Crippen molar-refractivity contribution in [3.8, 4) is 0 Å². The van der Waals surface area contributed by atoms with Crippen molar-refractivity contribution in [2.75, 3.05) is 6.54 Å². The van der Waals surface area contributed by atoms with Gasteiger partial charge in [-0.15, -0.1) is 0 Å². The van der Waals surface area contributed by atoms with Gasteiger partial charge in [0.2, 0.25) is 0 Å². The van der Waals surface area contributed by atoms with Crippen LogP contribution in [0, 0.1) is 11.7 Å². The fraction of sp³-hybridized carbons (Fsp3) is 0.385. The molecule has 4 nitrogen and oxygen atoms in total. The molecule has 0 aromatic heterocycles. The molecule has 0 fully saturated rings. The molecule has 1 rings (SSSR count). The highest BCUT2D eigenvalue weighted by Gasteiger charge is 2.11. The molecule has 0 atom stereocenters. The molecular formula is C13H17ClFN3OS. The summed E-state index contributed by atoms with van der Waals surface area (Å²) in [4.78, 5) is 11.7. The fourth-order valence-electron chi connectivity index (χ4n) is 1.37. The Hall–Kier alpha value is -1.40. The zero-order valence-electron chi connectivity index (χ0n) is 11.3. The van der Waals surface area contributed by atoms with Crippen molar-refractivity contribution in [2.24, 2.45) is 5.92 Å². The molecular weight excluding hydrogens is 301 g/mol. The predicted octanol–water partition coefficient (Wildman–Crippen LogP) is 2.63. The Morgan fingerprint density at radius 1 is 1.40 bits per heavy atom. The molecule has 0 radical (unpaired) electrons. The number of carbonyl (C=O) groups is 1. The maximum atomic E-state index is 13.5. The summed E-state index contributed by atoms with van der Waals surface area (Å²) < 4.78 is 13.5. The van der Waals surface area contributed by atoms with Crippen LogP contribution in [0.2, 0.25) is 5.02 Å². The summed E-state index contributed by atoms with van der Waals surface area (Å²) in [5.41, 5.74) is 4.73. The van der Waals surface area contributed by atoms with E-state index in [1.54, 1.807) is 0 Å². The number of rotatable bonds is 4. The predicted molar refractivity (Wildman–Crippen MR) is 82.1 cm³/mol. The van der Waals surface area contributed by atoms with Crippen LogP contribution in [-0.2, 0) is 0 Å². The van der Waals surface area contributed by atoms with E-state index in [0.29, 0.717) is 12.5 Å². The van der Waals surface area contributed by atoms with Crippen molar-refractivity contribution < 1.29 is 9.18 Å². The van der Waals surface area contributed by atoms with E-state index < -0.39 is 11.7 Å². The number of halogens is 2. The van der Waals surface area contributed by atoms with Crippen LogP contribution in [0.3, 0.4) is 0 Å². The van der Waals surface area contributed by atoms with Crippen LogP contribution >= 0.6 is 23.8 Å². The van der Waals surface area contributed by atoms with Gasteiger partial charge in [0.25, 0.3) is 5.91 Å². The molecule has 0 bridgehead atoms. The molecule has 110 valence electrons. The van der Waals surface area contributed by atoms with E-state index in [1.165, 1.54) is 12.1 Å². The van der Waals surface area contributed by atoms with Crippen molar-refractivity contribution in [1.82, 2.24) is 16.2 Å². The molecule has 0 heterocycles. The van der Waals surface area contributed by atoms with Gasteiger partial charge in [0.05, 0.1) is 5.56 Å². The molecule has 3 N–H and O–H groups in total. The number of hydrazine groups is 1. The number of thiocarbonyl (C=S) groups is 1. The topological polar surface area (TPSA) is 53.2 Å². The van der Waals surface area contributed by atoms with E-state index in [9.17, 15) is 9.18 Å². The third kappa shape index (κ3) is 5.71. The Balaban J connectivity index is 2.41. The second kappa shape index (κ2) is 8.01. The molecule has 0 saturated carbocycles. The number of hydrogen-bond donors (Lipinski definition) is 3. The average Bonchev–Trinajstić information content (AvgIpc) is 2.35. The van der Waals surface area contributed by atoms with Crippen molar-refractivity contribution in [2.45, 2.75) is 20.3 Å². The van der Waals surface area contributed by atoms with Crippen LogP contribution in [0.1, 0.15) is 30.6 Å². The van der Waals surface area contributed by atoms with Crippen molar-refractivity contribution in [1.29, 1.82) is 0 Å². The lowest BCUT2D eigenvalue weighted by molar-refractivity contribution is 0.0939. The summed E-state index contributed by atoms with van der Waals surface area (Å²) in [5, 5.41) is 3.45. The zero-order valence-corrected chi connectivity index (χ0v) is 12.9. The van der Waals surface area contributed by atoms with Gasteiger partial charge in [-0.25, -0.2) is 4.39 Å². The molecule has 1 amide bonds. The largest absolute Gasteiger partial charge is 0.361 e. The van der Waals surface area contributed by atoms with E-state index in [4.69, 9.17) is 23.8 Å². The molecule has 7 heteroatoms. The number of amides is 1. The van der Waals surface area contributed by atoms with Gasteiger partial charge in [0.1, 0.15) is 5.82 Å². The van der Waals surface area contributed by atoms with Gasteiger partial charge < -0.3 is 5.32 Å². The lowest BCUT2D eigenvalue weighted by atomic mass is 10.1. The summed E-state index contributed by atoms with van der Waals surface area (Å²) >= 11 is 10.6. The number of benzene rings is 1. The van der Waals surface area contributed by atoms with Crippen molar-refractivity contribution >= 4 is 34.8 Å². The van der Waals surface area contributed by atoms with Crippen LogP contribution in [0.5, 0.6) is 0 Å². The van der Waals surface area contributed by atoms with Gasteiger partial charge in [0.15, 0.2) is 5.11 Å². The average molecular weight is 318 g/mol. The molecule has 0 aliphatic heterocycles. The lowest BCUT2D eigenvalue weighted by Gasteiger charge is -2.12. The summed E-state index contributed by atoms with van der Waals surface area (Å²) in [6.07, 6.45) is 0.960. The van der Waals surface area contributed by atoms with Gasteiger partial charge in [-0.2, -0.15) is 0 Å². The first-order valence-corrected chi connectivity index (χ1v) is 6.98. The molecule has 0 spiro atoms. The first kappa shape index (κ1) is 16.7. The molecule has 1 aromatic rings. The highest BCUT2D eigenvalue weighted by atomic mass is 35.5. The number of hydrogen-bond acceptors (Lipinski definition) is 2. The Morgan fingerprint density at radius 3 is 2.70 bits per heavy atom. The minimum Gasteiger partial charge on any atom is -0.361 e. The van der Waals surface area contributed by atoms with Gasteiger partial charge >= 0.3 is 0 Å². The minimum absolute atomic E-state index is 0.105. The number of carbonyl (C=O) groups excluding carboxylic acids is 1. The third-order valence-electron chi connectivity index (χ3n) is 2.47. The van der Waals surface area contributed by atoms with E-state index >= 15 is 0 Å². The Bertz CT molecular complexity index is 497. The maximum absolute atomic E-state index is 13.5. The summed E-state index contributed by atoms with van der Waals surface area (Å²) in [5.74, 6) is -0.745. The normalized spacial score (nSPS) is 10.2. The number of nitrogens with one attached hydrogen (secondary N) is 3. The third-order valence-corrected chi connectivity index (χ3v) is 2.95. The molecule has 20 heavy (non-hydrogen) atoms. The van der Waals surface area contributed by atoms with Gasteiger partial charge in [-0.1, -0.05) is 25.4 Å². The quantitative estimate of drug-likeness (QED) is 0.590. The second-order valence-corrected chi connectivity index (χ2v) is 5.49. The summed E-state index contributed by atoms with van der Waals surface area (Å²) in [7, 11) is 0. The van der Waals surface area contributed by atoms with E-state index in [0.717, 1.165) is 12.5 Å². The van der Waals surface area contributed by atoms with Crippen LogP contribution in [0.25, 0.3) is 0 Å². The van der Waals surface area contributed by atoms with Crippen LogP contribution in [-0.4, -0.2) is 17.6 Å². The standard InChI is InChI=1S/C13H17ClFN3OS/c1-8(2)5-6-16-13(20)18-17-12(19)10-4-3-9(14)7-11(10)15/h3-4,7-8H,5-6H2,1-2H3,(H,17,19)(H2,16,18,20). The van der Waals surface area contributed by atoms with Gasteiger partial charge in [-0.05, 0) is 42.8 Å². The summed E-state index contributed by atoms with van der Waals surface area (Å²) in [6.45, 7) is 4.90. The van der Waals surface area contributed by atoms with Crippen molar-refractivity contribution in [3.63, 3.8) is 0 Å². The highest BCUT2D eigenvalue weighted by Crippen LogP contribution is 2.14. The Kier molecular flexibility index (Phi) is 6.67. The first-order chi connectivity index (χ1) is 9.40. The van der Waals surface area contributed by atoms with Gasteiger partial charge in [0, 0.05) is 11.6 Å². The molecule has 0 saturated heterocycles. The Labute approximate surface area is 128 Å². The molecule has 0 aliphatic carbocycles. The van der Waals surface area contributed by atoms with Crippen LogP contribution in [0.4, 0.5) is 4.39 Å². The fourth-order valence-corrected chi connectivity index (χ4v) is 1.68. The highest BCUT2D eigenvalue weighted by molar-refractivity contribution is 7.80. The SMILES string of the molecule is CC(C)CCNC(=S)NNC(=O)c1ccc(Cl)cc1F. The molecule has 0 unspecified atom stereocenters. The Morgan fingerprint density at radius 2 is 2.10 bits per heavy atom.